The number of carbonyl (C=O) groups is 1. The van der Waals surface area contributed by atoms with Gasteiger partial charge in [-0.1, -0.05) is 42.5 Å². The molecule has 0 aliphatic heterocycles. The first kappa shape index (κ1) is 22.4. The van der Waals surface area contributed by atoms with Crippen LogP contribution in [-0.2, 0) is 22.4 Å². The smallest absolute Gasteiger partial charge is 0.310 e. The highest BCUT2D eigenvalue weighted by Crippen LogP contribution is 2.40. The van der Waals surface area contributed by atoms with Gasteiger partial charge in [0.25, 0.3) is 0 Å². The van der Waals surface area contributed by atoms with Gasteiger partial charge >= 0.3 is 5.97 Å². The fourth-order valence-corrected chi connectivity index (χ4v) is 4.73. The molecule has 0 amide bonds. The zero-order valence-electron chi connectivity index (χ0n) is 19.5. The van der Waals surface area contributed by atoms with Crippen LogP contribution >= 0.6 is 0 Å². The molecular weight excluding hydrogens is 438 g/mol. The summed E-state index contributed by atoms with van der Waals surface area (Å²) in [7, 11) is 0. The third-order valence-electron chi connectivity index (χ3n) is 6.41. The van der Waals surface area contributed by atoms with E-state index in [-0.39, 0.29) is 18.5 Å². The van der Waals surface area contributed by atoms with Crippen LogP contribution in [0.2, 0.25) is 0 Å². The second kappa shape index (κ2) is 9.47. The summed E-state index contributed by atoms with van der Waals surface area (Å²) in [6.45, 7) is 9.50. The molecule has 0 saturated carbocycles. The summed E-state index contributed by atoms with van der Waals surface area (Å²) in [4.78, 5) is 19.9. The number of rotatable bonds is 6. The topological polar surface area (TPSA) is 78.8 Å². The summed E-state index contributed by atoms with van der Waals surface area (Å²) in [6.07, 6.45) is 3.39. The number of nitrogens with zero attached hydrogens (tertiary/aromatic N) is 2. The Kier molecular flexibility index (Phi) is 6.07. The molecule has 3 aromatic carbocycles. The van der Waals surface area contributed by atoms with Gasteiger partial charge in [-0.15, -0.1) is 0 Å². The van der Waals surface area contributed by atoms with E-state index in [4.69, 9.17) is 21.8 Å². The summed E-state index contributed by atoms with van der Waals surface area (Å²) >= 11 is 0. The van der Waals surface area contributed by atoms with Crippen molar-refractivity contribution in [2.75, 3.05) is 12.3 Å². The van der Waals surface area contributed by atoms with Gasteiger partial charge in [0, 0.05) is 17.1 Å². The Morgan fingerprint density at radius 1 is 1.14 bits per heavy atom. The SMILES string of the molecule is [C-]#[N+]c1ccc(CC(=O)OCC)c(O[C@@H]2CCc3ccc(-c4cccc5c(N)nccc45)cc32)c1. The van der Waals surface area contributed by atoms with Crippen molar-refractivity contribution in [3.63, 3.8) is 0 Å². The van der Waals surface area contributed by atoms with Crippen LogP contribution in [0, 0.1) is 6.57 Å². The third-order valence-corrected chi connectivity index (χ3v) is 6.41. The van der Waals surface area contributed by atoms with Crippen molar-refractivity contribution in [1.29, 1.82) is 0 Å². The molecule has 6 heteroatoms. The number of anilines is 1. The summed E-state index contributed by atoms with van der Waals surface area (Å²) in [5, 5.41) is 1.98. The van der Waals surface area contributed by atoms with Crippen LogP contribution in [0.25, 0.3) is 26.7 Å². The van der Waals surface area contributed by atoms with Crippen molar-refractivity contribution < 1.29 is 14.3 Å². The maximum Gasteiger partial charge on any atom is 0.310 e. The van der Waals surface area contributed by atoms with Gasteiger partial charge in [-0.05, 0) is 65.6 Å². The summed E-state index contributed by atoms with van der Waals surface area (Å²) in [5.41, 5.74) is 11.8. The lowest BCUT2D eigenvalue weighted by Crippen LogP contribution is -2.10. The largest absolute Gasteiger partial charge is 0.487 e. The van der Waals surface area contributed by atoms with Crippen molar-refractivity contribution in [2.45, 2.75) is 32.3 Å². The standard InChI is InChI=1S/C29H25N3O3/c1-3-34-28(33)16-20-9-11-21(31-2)17-27(20)35-26-12-10-18-7-8-19(15-25(18)26)22-5-4-6-24-23(22)13-14-32-29(24)30/h4-9,11,13-15,17,26H,3,10,12,16H2,1H3,(H2,30,32)/t26-/m1/s1. The fraction of sp³-hybridized carbons (Fsp3) is 0.207. The molecule has 1 aliphatic rings. The molecular formula is C29H25N3O3. The summed E-state index contributed by atoms with van der Waals surface area (Å²) in [5.74, 6) is 0.756. The predicted octanol–water partition coefficient (Wildman–Crippen LogP) is 6.21. The van der Waals surface area contributed by atoms with Crippen LogP contribution in [-0.4, -0.2) is 17.6 Å². The van der Waals surface area contributed by atoms with Crippen LogP contribution < -0.4 is 10.5 Å². The lowest BCUT2D eigenvalue weighted by atomic mass is 9.96. The Hall–Kier alpha value is -4.37. The van der Waals surface area contributed by atoms with Crippen LogP contribution in [0.4, 0.5) is 11.5 Å². The normalized spacial score (nSPS) is 14.3. The first-order chi connectivity index (χ1) is 17.1. The Balaban J connectivity index is 1.50. The number of hydrogen-bond donors (Lipinski definition) is 1. The van der Waals surface area contributed by atoms with Gasteiger partial charge in [0.2, 0.25) is 0 Å². The Morgan fingerprint density at radius 2 is 2.03 bits per heavy atom. The minimum atomic E-state index is -0.313. The van der Waals surface area contributed by atoms with Gasteiger partial charge < -0.3 is 15.2 Å². The Labute approximate surface area is 204 Å². The van der Waals surface area contributed by atoms with Gasteiger partial charge in [0.1, 0.15) is 17.7 Å². The van der Waals surface area contributed by atoms with E-state index >= 15 is 0 Å². The van der Waals surface area contributed by atoms with E-state index in [0.29, 0.717) is 23.9 Å². The highest BCUT2D eigenvalue weighted by Gasteiger charge is 2.26. The van der Waals surface area contributed by atoms with Gasteiger partial charge in [0.05, 0.1) is 19.6 Å². The molecule has 0 unspecified atom stereocenters. The van der Waals surface area contributed by atoms with Crippen molar-refractivity contribution >= 4 is 28.2 Å². The van der Waals surface area contributed by atoms with Crippen LogP contribution in [0.15, 0.2) is 66.9 Å². The molecule has 2 N–H and O–H groups in total. The lowest BCUT2D eigenvalue weighted by molar-refractivity contribution is -0.142. The van der Waals surface area contributed by atoms with Crippen molar-refractivity contribution in [3.05, 3.63) is 95.0 Å². The quantitative estimate of drug-likeness (QED) is 0.272. The average molecular weight is 464 g/mol. The number of benzene rings is 3. The van der Waals surface area contributed by atoms with Gasteiger partial charge in [-0.3, -0.25) is 4.79 Å². The number of nitrogen functional groups attached to an aromatic ring is 1. The molecule has 35 heavy (non-hydrogen) atoms. The molecule has 1 atom stereocenters. The van der Waals surface area contributed by atoms with Crippen LogP contribution in [0.5, 0.6) is 5.75 Å². The van der Waals surface area contributed by atoms with E-state index in [9.17, 15) is 4.79 Å². The second-order valence-electron chi connectivity index (χ2n) is 8.54. The first-order valence-corrected chi connectivity index (χ1v) is 11.7. The molecule has 174 valence electrons. The van der Waals surface area contributed by atoms with E-state index in [0.717, 1.165) is 45.9 Å². The van der Waals surface area contributed by atoms with E-state index < -0.39 is 0 Å². The molecule has 0 bridgehead atoms. The summed E-state index contributed by atoms with van der Waals surface area (Å²) < 4.78 is 11.6. The molecule has 1 aromatic heterocycles. The number of nitrogens with two attached hydrogens (primary N) is 1. The van der Waals surface area contributed by atoms with Crippen molar-refractivity contribution in [1.82, 2.24) is 4.98 Å². The number of ether oxygens (including phenoxy) is 2. The van der Waals surface area contributed by atoms with Crippen LogP contribution in [0.1, 0.15) is 36.1 Å². The second-order valence-corrected chi connectivity index (χ2v) is 8.54. The predicted molar refractivity (Wildman–Crippen MR) is 136 cm³/mol. The minimum absolute atomic E-state index is 0.104. The van der Waals surface area contributed by atoms with E-state index in [1.54, 1.807) is 31.3 Å². The molecule has 0 spiro atoms. The molecule has 1 heterocycles. The maximum atomic E-state index is 12.1. The Bertz CT molecular complexity index is 1470. The molecule has 0 saturated heterocycles. The first-order valence-electron chi connectivity index (χ1n) is 11.7. The molecule has 0 radical (unpaired) electrons. The molecule has 4 aromatic rings. The Morgan fingerprint density at radius 3 is 2.86 bits per heavy atom. The van der Waals surface area contributed by atoms with E-state index in [1.165, 1.54) is 5.56 Å². The van der Waals surface area contributed by atoms with Gasteiger partial charge in [0.15, 0.2) is 5.69 Å². The number of hydrogen-bond acceptors (Lipinski definition) is 5. The highest BCUT2D eigenvalue weighted by atomic mass is 16.5. The average Bonchev–Trinajstić information content (AvgIpc) is 3.27. The number of carbonyl (C=O) groups excluding carboxylic acids is 1. The minimum Gasteiger partial charge on any atom is -0.487 e. The maximum absolute atomic E-state index is 12.1. The van der Waals surface area contributed by atoms with E-state index in [1.807, 2.05) is 18.2 Å². The molecule has 0 fully saturated rings. The zero-order valence-corrected chi connectivity index (χ0v) is 19.5. The van der Waals surface area contributed by atoms with Gasteiger partial charge in [-0.25, -0.2) is 9.83 Å². The fourth-order valence-electron chi connectivity index (χ4n) is 4.73. The molecule has 1 aliphatic carbocycles. The van der Waals surface area contributed by atoms with Crippen LogP contribution in [0.3, 0.4) is 0 Å². The lowest BCUT2D eigenvalue weighted by Gasteiger charge is -2.19. The third kappa shape index (κ3) is 4.41. The molecule has 5 rings (SSSR count). The van der Waals surface area contributed by atoms with Gasteiger partial charge in [-0.2, -0.15) is 0 Å². The van der Waals surface area contributed by atoms with E-state index in [2.05, 4.69) is 34.1 Å². The van der Waals surface area contributed by atoms with Crippen molar-refractivity contribution in [3.8, 4) is 16.9 Å². The zero-order chi connectivity index (χ0) is 24.4. The number of aromatic nitrogens is 1. The highest BCUT2D eigenvalue weighted by molar-refractivity contribution is 6.01. The number of pyridine rings is 1. The molecule has 6 nitrogen and oxygen atoms in total. The number of aryl methyl sites for hydroxylation is 1. The monoisotopic (exact) mass is 463 g/mol. The van der Waals surface area contributed by atoms with Crippen molar-refractivity contribution in [2.24, 2.45) is 0 Å². The number of esters is 1. The summed E-state index contributed by atoms with van der Waals surface area (Å²) in [6, 6.07) is 19.7. The number of fused-ring (bicyclic) bond motifs is 2.